The third-order valence-corrected chi connectivity index (χ3v) is 5.89. The quantitative estimate of drug-likeness (QED) is 0.462. The number of aromatic carboxylic acids is 1. The zero-order valence-corrected chi connectivity index (χ0v) is 18.1. The Hall–Kier alpha value is -1.92. The highest BCUT2D eigenvalue weighted by Gasteiger charge is 2.22. The standard InChI is InChI=1S/C17H14ClFIN3O4S/c1-28(26,27)5-4-23-8-21-16-13(23)7-10(17(24)25)15(14(16)19)22-12-3-2-9(20)6-11(12)18/h2-3,6-8,22H,4-5H2,1H3,(H,24,25). The number of hydrogen-bond acceptors (Lipinski definition) is 5. The molecule has 0 aliphatic heterocycles. The maximum absolute atomic E-state index is 15.1. The van der Waals surface area contributed by atoms with Gasteiger partial charge in [0.05, 0.1) is 39.6 Å². The molecule has 0 saturated carbocycles. The summed E-state index contributed by atoms with van der Waals surface area (Å²) in [6.45, 7) is 0.0313. The van der Waals surface area contributed by atoms with E-state index < -0.39 is 21.6 Å². The van der Waals surface area contributed by atoms with Gasteiger partial charge < -0.3 is 15.0 Å². The lowest BCUT2D eigenvalue weighted by atomic mass is 10.1. The Morgan fingerprint density at radius 2 is 2.11 bits per heavy atom. The van der Waals surface area contributed by atoms with Crippen LogP contribution in [-0.4, -0.2) is 41.1 Å². The number of benzene rings is 2. The van der Waals surface area contributed by atoms with Crippen LogP contribution in [0.5, 0.6) is 0 Å². The summed E-state index contributed by atoms with van der Waals surface area (Å²) in [7, 11) is -3.25. The Labute approximate surface area is 178 Å². The number of anilines is 2. The van der Waals surface area contributed by atoms with E-state index in [1.54, 1.807) is 18.2 Å². The van der Waals surface area contributed by atoms with Crippen molar-refractivity contribution in [2.45, 2.75) is 6.54 Å². The first-order valence-corrected chi connectivity index (χ1v) is 11.4. The molecule has 2 aromatic carbocycles. The van der Waals surface area contributed by atoms with Crippen molar-refractivity contribution in [1.29, 1.82) is 0 Å². The normalized spacial score (nSPS) is 11.7. The number of aromatic nitrogens is 2. The molecule has 0 aliphatic carbocycles. The zero-order chi connectivity index (χ0) is 20.6. The highest BCUT2D eigenvalue weighted by Crippen LogP contribution is 2.33. The molecule has 1 heterocycles. The SMILES string of the molecule is CS(=O)(=O)CCn1cnc2c(F)c(Nc3ccc(I)cc3Cl)c(C(=O)O)cc21. The van der Waals surface area contributed by atoms with Crippen molar-refractivity contribution in [3.8, 4) is 0 Å². The van der Waals surface area contributed by atoms with Crippen LogP contribution in [0.3, 0.4) is 0 Å². The largest absolute Gasteiger partial charge is 0.478 e. The van der Waals surface area contributed by atoms with Crippen LogP contribution in [0, 0.1) is 9.39 Å². The molecule has 28 heavy (non-hydrogen) atoms. The van der Waals surface area contributed by atoms with Gasteiger partial charge in [-0.25, -0.2) is 22.6 Å². The maximum atomic E-state index is 15.1. The fourth-order valence-corrected chi connectivity index (χ4v) is 4.05. The minimum atomic E-state index is -3.25. The van der Waals surface area contributed by atoms with E-state index in [9.17, 15) is 18.3 Å². The third-order valence-electron chi connectivity index (χ3n) is 3.98. The number of imidazole rings is 1. The summed E-state index contributed by atoms with van der Waals surface area (Å²) in [6, 6.07) is 6.27. The molecular formula is C17H14ClFIN3O4S. The Morgan fingerprint density at radius 1 is 1.39 bits per heavy atom. The summed E-state index contributed by atoms with van der Waals surface area (Å²) in [5.74, 6) is -2.38. The van der Waals surface area contributed by atoms with Crippen molar-refractivity contribution in [3.63, 3.8) is 0 Å². The number of aryl methyl sites for hydroxylation is 1. The minimum Gasteiger partial charge on any atom is -0.478 e. The molecule has 0 saturated heterocycles. The summed E-state index contributed by atoms with van der Waals surface area (Å²) in [6.07, 6.45) is 2.37. The topological polar surface area (TPSA) is 101 Å². The van der Waals surface area contributed by atoms with Gasteiger partial charge in [-0.2, -0.15) is 0 Å². The number of nitrogens with zero attached hydrogens (tertiary/aromatic N) is 2. The zero-order valence-electron chi connectivity index (χ0n) is 14.4. The molecule has 0 bridgehead atoms. The van der Waals surface area contributed by atoms with Gasteiger partial charge in [0, 0.05) is 16.4 Å². The molecule has 0 aliphatic rings. The molecule has 11 heteroatoms. The van der Waals surface area contributed by atoms with E-state index in [0.717, 1.165) is 9.83 Å². The molecule has 148 valence electrons. The Morgan fingerprint density at radius 3 is 2.71 bits per heavy atom. The van der Waals surface area contributed by atoms with E-state index in [1.807, 2.05) is 0 Å². The lowest BCUT2D eigenvalue weighted by molar-refractivity contribution is 0.0697. The first kappa shape index (κ1) is 20.8. The average molecular weight is 538 g/mol. The van der Waals surface area contributed by atoms with Gasteiger partial charge in [0.25, 0.3) is 0 Å². The number of halogens is 3. The summed E-state index contributed by atoms with van der Waals surface area (Å²) in [4.78, 5) is 15.7. The molecule has 2 N–H and O–H groups in total. The number of rotatable bonds is 6. The molecule has 0 unspecified atom stereocenters. The number of fused-ring (bicyclic) bond motifs is 1. The lowest BCUT2D eigenvalue weighted by Gasteiger charge is -2.13. The van der Waals surface area contributed by atoms with E-state index in [0.29, 0.717) is 10.7 Å². The molecule has 3 rings (SSSR count). The van der Waals surface area contributed by atoms with Crippen molar-refractivity contribution >= 4 is 72.4 Å². The number of carboxylic acid groups (broad SMARTS) is 1. The molecule has 3 aromatic rings. The molecule has 0 atom stereocenters. The van der Waals surface area contributed by atoms with Crippen LogP contribution in [0.1, 0.15) is 10.4 Å². The van der Waals surface area contributed by atoms with Gasteiger partial charge >= 0.3 is 5.97 Å². The van der Waals surface area contributed by atoms with Gasteiger partial charge in [0.1, 0.15) is 15.4 Å². The molecule has 1 aromatic heterocycles. The summed E-state index contributed by atoms with van der Waals surface area (Å²) >= 11 is 8.22. The second kappa shape index (κ2) is 7.84. The number of hydrogen-bond donors (Lipinski definition) is 2. The molecule has 0 fully saturated rings. The van der Waals surface area contributed by atoms with E-state index in [2.05, 4.69) is 32.9 Å². The number of nitrogens with one attached hydrogen (secondary N) is 1. The van der Waals surface area contributed by atoms with Crippen molar-refractivity contribution in [2.24, 2.45) is 0 Å². The van der Waals surface area contributed by atoms with Gasteiger partial charge in [-0.15, -0.1) is 0 Å². The minimum absolute atomic E-state index is 0.0313. The van der Waals surface area contributed by atoms with Crippen LogP contribution in [-0.2, 0) is 16.4 Å². The van der Waals surface area contributed by atoms with Crippen molar-refractivity contribution in [3.05, 3.63) is 50.6 Å². The second-order valence-corrected chi connectivity index (χ2v) is 10.0. The van der Waals surface area contributed by atoms with Crippen LogP contribution in [0.2, 0.25) is 5.02 Å². The second-order valence-electron chi connectivity index (χ2n) is 6.10. The van der Waals surface area contributed by atoms with Gasteiger partial charge in [-0.1, -0.05) is 11.6 Å². The molecule has 0 amide bonds. The van der Waals surface area contributed by atoms with Crippen molar-refractivity contribution in [1.82, 2.24) is 9.55 Å². The number of carbonyl (C=O) groups is 1. The summed E-state index contributed by atoms with van der Waals surface area (Å²) in [5, 5.41) is 12.6. The fourth-order valence-electron chi connectivity index (χ4n) is 2.62. The Bertz CT molecular complexity index is 1200. The van der Waals surface area contributed by atoms with Crippen LogP contribution < -0.4 is 5.32 Å². The Kier molecular flexibility index (Phi) is 5.82. The maximum Gasteiger partial charge on any atom is 0.338 e. The van der Waals surface area contributed by atoms with Gasteiger partial charge in [0.15, 0.2) is 5.82 Å². The first-order chi connectivity index (χ1) is 13.1. The smallest absolute Gasteiger partial charge is 0.338 e. The van der Waals surface area contributed by atoms with E-state index in [4.69, 9.17) is 11.6 Å². The predicted molar refractivity (Wildman–Crippen MR) is 114 cm³/mol. The van der Waals surface area contributed by atoms with E-state index in [-0.39, 0.29) is 34.6 Å². The summed E-state index contributed by atoms with van der Waals surface area (Å²) < 4.78 is 40.2. The first-order valence-electron chi connectivity index (χ1n) is 7.87. The predicted octanol–water partition coefficient (Wildman–Crippen LogP) is 3.92. The van der Waals surface area contributed by atoms with Crippen LogP contribution in [0.15, 0.2) is 30.6 Å². The highest BCUT2D eigenvalue weighted by molar-refractivity contribution is 14.1. The number of carboxylic acids is 1. The van der Waals surface area contributed by atoms with Crippen molar-refractivity contribution < 1.29 is 22.7 Å². The monoisotopic (exact) mass is 537 g/mol. The highest BCUT2D eigenvalue weighted by atomic mass is 127. The molecule has 0 spiro atoms. The molecule has 7 nitrogen and oxygen atoms in total. The van der Waals surface area contributed by atoms with Crippen LogP contribution >= 0.6 is 34.2 Å². The third kappa shape index (κ3) is 4.39. The van der Waals surface area contributed by atoms with Gasteiger partial charge in [-0.3, -0.25) is 0 Å². The van der Waals surface area contributed by atoms with Crippen LogP contribution in [0.25, 0.3) is 11.0 Å². The van der Waals surface area contributed by atoms with E-state index >= 15 is 4.39 Å². The lowest BCUT2D eigenvalue weighted by Crippen LogP contribution is -2.11. The molecule has 0 radical (unpaired) electrons. The Balaban J connectivity index is 2.11. The molecular weight excluding hydrogens is 524 g/mol. The van der Waals surface area contributed by atoms with Gasteiger partial charge in [-0.05, 0) is 46.9 Å². The van der Waals surface area contributed by atoms with Crippen molar-refractivity contribution in [2.75, 3.05) is 17.3 Å². The fraction of sp³-hybridized carbons (Fsp3) is 0.176. The van der Waals surface area contributed by atoms with Gasteiger partial charge in [0.2, 0.25) is 0 Å². The average Bonchev–Trinajstić information content (AvgIpc) is 2.99. The van der Waals surface area contributed by atoms with E-state index in [1.165, 1.54) is 17.0 Å². The van der Waals surface area contributed by atoms with Crippen LogP contribution in [0.4, 0.5) is 15.8 Å². The number of sulfone groups is 1. The summed E-state index contributed by atoms with van der Waals surface area (Å²) in [5.41, 5.74) is -0.114.